The van der Waals surface area contributed by atoms with Crippen LogP contribution in [0.15, 0.2) is 48.5 Å². The van der Waals surface area contributed by atoms with Gasteiger partial charge in [-0.3, -0.25) is 19.3 Å². The van der Waals surface area contributed by atoms with E-state index in [0.29, 0.717) is 38.3 Å². The van der Waals surface area contributed by atoms with Gasteiger partial charge in [-0.05, 0) is 54.2 Å². The van der Waals surface area contributed by atoms with Crippen molar-refractivity contribution < 1.29 is 19.5 Å². The first-order valence-electron chi connectivity index (χ1n) is 14.4. The minimum Gasteiger partial charge on any atom is -0.508 e. The van der Waals surface area contributed by atoms with Crippen molar-refractivity contribution in [2.24, 2.45) is 5.92 Å². The lowest BCUT2D eigenvalue weighted by atomic mass is 9.87. The Kier molecular flexibility index (Phi) is 10.4. The quantitative estimate of drug-likeness (QED) is 0.426. The van der Waals surface area contributed by atoms with E-state index in [0.717, 1.165) is 49.3 Å². The van der Waals surface area contributed by atoms with Gasteiger partial charge < -0.3 is 20.6 Å². The number of aromatic hydroxyl groups is 1. The Morgan fingerprint density at radius 3 is 2.15 bits per heavy atom. The molecule has 1 saturated heterocycles. The van der Waals surface area contributed by atoms with E-state index in [-0.39, 0.29) is 23.5 Å². The molecule has 3 N–H and O–H groups in total. The molecule has 39 heavy (non-hydrogen) atoms. The van der Waals surface area contributed by atoms with Crippen LogP contribution in [0.3, 0.4) is 0 Å². The Morgan fingerprint density at radius 2 is 1.51 bits per heavy atom. The normalized spacial score (nSPS) is 17.4. The number of phenolic OH excluding ortho intramolecular Hbond substituents is 1. The second-order valence-corrected chi connectivity index (χ2v) is 10.9. The molecule has 0 bridgehead atoms. The summed E-state index contributed by atoms with van der Waals surface area (Å²) in [5.74, 6) is 0.587. The molecule has 2 aliphatic rings. The number of carbonyl (C=O) groups is 3. The van der Waals surface area contributed by atoms with Crippen molar-refractivity contribution in [2.45, 2.75) is 70.9 Å². The van der Waals surface area contributed by atoms with E-state index in [1.54, 1.807) is 19.1 Å². The van der Waals surface area contributed by atoms with Crippen molar-refractivity contribution in [3.8, 4) is 5.75 Å². The van der Waals surface area contributed by atoms with Crippen LogP contribution in [0.5, 0.6) is 5.75 Å². The van der Waals surface area contributed by atoms with E-state index in [9.17, 15) is 19.5 Å². The van der Waals surface area contributed by atoms with Crippen LogP contribution < -0.4 is 10.6 Å². The van der Waals surface area contributed by atoms with Crippen LogP contribution in [0.1, 0.15) is 63.0 Å². The molecular formula is C31H42N4O4. The Labute approximate surface area is 231 Å². The van der Waals surface area contributed by atoms with Gasteiger partial charge in [-0.15, -0.1) is 0 Å². The summed E-state index contributed by atoms with van der Waals surface area (Å²) in [6.07, 6.45) is 7.28. The molecular weight excluding hydrogens is 492 g/mol. The van der Waals surface area contributed by atoms with E-state index >= 15 is 0 Å². The number of nitrogens with zero attached hydrogens (tertiary/aromatic N) is 2. The van der Waals surface area contributed by atoms with Gasteiger partial charge in [-0.1, -0.05) is 50.5 Å². The minimum absolute atomic E-state index is 0.0578. The topological polar surface area (TPSA) is 102 Å². The summed E-state index contributed by atoms with van der Waals surface area (Å²) in [6.45, 7) is 5.24. The Morgan fingerprint density at radius 1 is 0.872 bits per heavy atom. The van der Waals surface area contributed by atoms with Crippen molar-refractivity contribution in [1.29, 1.82) is 0 Å². The molecule has 4 rings (SSSR count). The third kappa shape index (κ3) is 8.82. The Hall–Kier alpha value is -3.39. The number of phenols is 1. The highest BCUT2D eigenvalue weighted by atomic mass is 16.3. The molecule has 2 fully saturated rings. The standard InChI is InChI=1S/C31H42N4O4/c1-2-29(37)33-28(31(39)35-18-16-34(17-19-35)22-25-10-14-27(36)15-11-25)20-24-8-12-26(13-9-24)32-30(38)21-23-6-4-3-5-7-23/h8-15,23,28,36H,2-7,16-22H2,1H3,(H,32,38)(H,33,37)/t28-/m1/s1. The highest BCUT2D eigenvalue weighted by Gasteiger charge is 2.29. The van der Waals surface area contributed by atoms with Crippen LogP contribution in [0.25, 0.3) is 0 Å². The van der Waals surface area contributed by atoms with E-state index in [2.05, 4.69) is 15.5 Å². The van der Waals surface area contributed by atoms with Gasteiger partial charge in [0.25, 0.3) is 0 Å². The molecule has 1 aliphatic heterocycles. The zero-order valence-corrected chi connectivity index (χ0v) is 23.0. The van der Waals surface area contributed by atoms with Gasteiger partial charge in [-0.25, -0.2) is 0 Å². The zero-order chi connectivity index (χ0) is 27.6. The second-order valence-electron chi connectivity index (χ2n) is 10.9. The smallest absolute Gasteiger partial charge is 0.245 e. The molecule has 0 radical (unpaired) electrons. The predicted molar refractivity (Wildman–Crippen MR) is 152 cm³/mol. The number of rotatable bonds is 10. The fourth-order valence-electron chi connectivity index (χ4n) is 5.53. The van der Waals surface area contributed by atoms with Crippen LogP contribution in [0, 0.1) is 5.92 Å². The van der Waals surface area contributed by atoms with Gasteiger partial charge in [0, 0.05) is 57.7 Å². The number of amides is 3. The molecule has 0 spiro atoms. The number of hydrogen-bond acceptors (Lipinski definition) is 5. The van der Waals surface area contributed by atoms with Gasteiger partial charge >= 0.3 is 0 Å². The second kappa shape index (κ2) is 14.1. The summed E-state index contributed by atoms with van der Waals surface area (Å²) in [6, 6.07) is 14.2. The molecule has 2 aromatic carbocycles. The Balaban J connectivity index is 1.30. The molecule has 2 aromatic rings. The average Bonchev–Trinajstić information content (AvgIpc) is 2.95. The van der Waals surface area contributed by atoms with Gasteiger partial charge in [0.15, 0.2) is 0 Å². The maximum Gasteiger partial charge on any atom is 0.245 e. The molecule has 1 heterocycles. The van der Waals surface area contributed by atoms with Gasteiger partial charge in [0.05, 0.1) is 0 Å². The molecule has 210 valence electrons. The third-order valence-corrected chi connectivity index (χ3v) is 7.86. The van der Waals surface area contributed by atoms with Crippen molar-refractivity contribution in [3.05, 3.63) is 59.7 Å². The molecule has 0 aromatic heterocycles. The molecule has 3 amide bonds. The van der Waals surface area contributed by atoms with Crippen molar-refractivity contribution in [1.82, 2.24) is 15.1 Å². The number of nitrogens with one attached hydrogen (secondary N) is 2. The molecule has 0 unspecified atom stereocenters. The molecule has 1 atom stereocenters. The number of carbonyl (C=O) groups excluding carboxylic acids is 3. The lowest BCUT2D eigenvalue weighted by Gasteiger charge is -2.36. The predicted octanol–water partition coefficient (Wildman–Crippen LogP) is 4.08. The molecule has 8 heteroatoms. The Bertz CT molecular complexity index is 1090. The number of piperazine rings is 1. The highest BCUT2D eigenvalue weighted by molar-refractivity contribution is 5.91. The van der Waals surface area contributed by atoms with Gasteiger partial charge in [-0.2, -0.15) is 0 Å². The van der Waals surface area contributed by atoms with Gasteiger partial charge in [0.1, 0.15) is 11.8 Å². The fourth-order valence-corrected chi connectivity index (χ4v) is 5.53. The van der Waals surface area contributed by atoms with E-state index in [4.69, 9.17) is 0 Å². The highest BCUT2D eigenvalue weighted by Crippen LogP contribution is 2.26. The molecule has 1 aliphatic carbocycles. The lowest BCUT2D eigenvalue weighted by Crippen LogP contribution is -2.55. The summed E-state index contributed by atoms with van der Waals surface area (Å²) in [5, 5.41) is 15.4. The number of benzene rings is 2. The molecule has 8 nitrogen and oxygen atoms in total. The van der Waals surface area contributed by atoms with Crippen molar-refractivity contribution in [3.63, 3.8) is 0 Å². The lowest BCUT2D eigenvalue weighted by molar-refractivity contribution is -0.138. The van der Waals surface area contributed by atoms with Crippen LogP contribution >= 0.6 is 0 Å². The van der Waals surface area contributed by atoms with Crippen LogP contribution in [0.2, 0.25) is 0 Å². The van der Waals surface area contributed by atoms with Crippen LogP contribution in [0.4, 0.5) is 5.69 Å². The SMILES string of the molecule is CCC(=O)N[C@H](Cc1ccc(NC(=O)CC2CCCCC2)cc1)C(=O)N1CCN(Cc2ccc(O)cc2)CC1. The summed E-state index contributed by atoms with van der Waals surface area (Å²) in [4.78, 5) is 42.3. The first-order valence-corrected chi connectivity index (χ1v) is 14.4. The summed E-state index contributed by atoms with van der Waals surface area (Å²) in [5.41, 5.74) is 2.81. The average molecular weight is 535 g/mol. The van der Waals surface area contributed by atoms with Crippen molar-refractivity contribution in [2.75, 3.05) is 31.5 Å². The van der Waals surface area contributed by atoms with Crippen molar-refractivity contribution >= 4 is 23.4 Å². The fraction of sp³-hybridized carbons (Fsp3) is 0.516. The van der Waals surface area contributed by atoms with E-state index in [1.807, 2.05) is 41.3 Å². The van der Waals surface area contributed by atoms with Crippen LogP contribution in [-0.4, -0.2) is 64.8 Å². The van der Waals surface area contributed by atoms with Gasteiger partial charge in [0.2, 0.25) is 17.7 Å². The first-order chi connectivity index (χ1) is 18.9. The summed E-state index contributed by atoms with van der Waals surface area (Å²) >= 11 is 0. The maximum absolute atomic E-state index is 13.5. The number of anilines is 1. The summed E-state index contributed by atoms with van der Waals surface area (Å²) < 4.78 is 0. The molecule has 1 saturated carbocycles. The zero-order valence-electron chi connectivity index (χ0n) is 23.0. The monoisotopic (exact) mass is 534 g/mol. The number of hydrogen-bond donors (Lipinski definition) is 3. The summed E-state index contributed by atoms with van der Waals surface area (Å²) in [7, 11) is 0. The minimum atomic E-state index is -0.632. The van der Waals surface area contributed by atoms with E-state index in [1.165, 1.54) is 19.3 Å². The largest absolute Gasteiger partial charge is 0.508 e. The third-order valence-electron chi connectivity index (χ3n) is 7.86. The maximum atomic E-state index is 13.5. The van der Waals surface area contributed by atoms with E-state index < -0.39 is 6.04 Å². The first kappa shape index (κ1) is 28.6. The van der Waals surface area contributed by atoms with Crippen LogP contribution in [-0.2, 0) is 27.3 Å².